The molecule has 3 aromatic carbocycles. The van der Waals surface area contributed by atoms with Crippen molar-refractivity contribution in [3.63, 3.8) is 0 Å². The summed E-state index contributed by atoms with van der Waals surface area (Å²) in [5, 5.41) is 5.04. The molecule has 3 heteroatoms. The molecule has 0 heterocycles. The number of carbonyl (C=O) groups excluding carboxylic acids is 1. The number of fused-ring (bicyclic) bond motifs is 1. The summed E-state index contributed by atoms with van der Waals surface area (Å²) in [4.78, 5) is 11.9. The van der Waals surface area contributed by atoms with Gasteiger partial charge in [-0.2, -0.15) is 0 Å². The van der Waals surface area contributed by atoms with Crippen LogP contribution in [0.4, 0.5) is 0 Å². The number of benzene rings is 3. The lowest BCUT2D eigenvalue weighted by molar-refractivity contribution is -0.123. The van der Waals surface area contributed by atoms with E-state index < -0.39 is 0 Å². The third-order valence-electron chi connectivity index (χ3n) is 3.92. The molecule has 3 aromatic rings. The summed E-state index contributed by atoms with van der Waals surface area (Å²) in [6.07, 6.45) is 1.88. The number of amides is 1. The summed E-state index contributed by atoms with van der Waals surface area (Å²) in [5.74, 6) is 0.656. The largest absolute Gasteiger partial charge is 0.483 e. The van der Waals surface area contributed by atoms with Gasteiger partial charge in [0.1, 0.15) is 5.75 Å². The maximum atomic E-state index is 11.9. The Labute approximate surface area is 142 Å². The minimum atomic E-state index is -0.0870. The zero-order chi connectivity index (χ0) is 16.6. The molecule has 1 amide bonds. The van der Waals surface area contributed by atoms with Crippen molar-refractivity contribution in [1.82, 2.24) is 5.32 Å². The number of ether oxygens (including phenoxy) is 1. The minimum absolute atomic E-state index is 0.0410. The van der Waals surface area contributed by atoms with E-state index in [1.54, 1.807) is 0 Å². The third kappa shape index (κ3) is 4.35. The molecule has 0 fully saturated rings. The fourth-order valence-corrected chi connectivity index (χ4v) is 2.68. The van der Waals surface area contributed by atoms with Gasteiger partial charge in [0.05, 0.1) is 0 Å². The summed E-state index contributed by atoms with van der Waals surface area (Å²) < 4.78 is 5.68. The second-order valence-corrected chi connectivity index (χ2v) is 5.71. The van der Waals surface area contributed by atoms with Crippen LogP contribution < -0.4 is 10.1 Å². The number of aryl methyl sites for hydroxylation is 1. The van der Waals surface area contributed by atoms with Crippen molar-refractivity contribution in [3.8, 4) is 5.75 Å². The van der Waals surface area contributed by atoms with Crippen molar-refractivity contribution in [3.05, 3.63) is 78.4 Å². The molecule has 0 bridgehead atoms. The second kappa shape index (κ2) is 8.16. The van der Waals surface area contributed by atoms with Crippen LogP contribution in [-0.2, 0) is 11.2 Å². The van der Waals surface area contributed by atoms with Gasteiger partial charge in [0, 0.05) is 11.9 Å². The lowest BCUT2D eigenvalue weighted by Gasteiger charge is -2.10. The van der Waals surface area contributed by atoms with Gasteiger partial charge < -0.3 is 10.1 Å². The monoisotopic (exact) mass is 319 g/mol. The Morgan fingerprint density at radius 3 is 2.50 bits per heavy atom. The van der Waals surface area contributed by atoms with Gasteiger partial charge in [0.15, 0.2) is 6.61 Å². The highest BCUT2D eigenvalue weighted by atomic mass is 16.5. The van der Waals surface area contributed by atoms with Crippen molar-refractivity contribution in [2.75, 3.05) is 13.2 Å². The van der Waals surface area contributed by atoms with Gasteiger partial charge in [-0.1, -0.05) is 66.7 Å². The SMILES string of the molecule is O=C(COc1cccc2ccccc12)NCCCc1ccccc1. The molecule has 122 valence electrons. The molecule has 0 radical (unpaired) electrons. The Morgan fingerprint density at radius 2 is 1.62 bits per heavy atom. The van der Waals surface area contributed by atoms with E-state index >= 15 is 0 Å². The highest BCUT2D eigenvalue weighted by Crippen LogP contribution is 2.24. The zero-order valence-electron chi connectivity index (χ0n) is 13.6. The first-order chi connectivity index (χ1) is 11.8. The van der Waals surface area contributed by atoms with Crippen molar-refractivity contribution >= 4 is 16.7 Å². The molecular formula is C21H21NO2. The van der Waals surface area contributed by atoms with Crippen LogP contribution >= 0.6 is 0 Å². The van der Waals surface area contributed by atoms with Crippen LogP contribution in [0.3, 0.4) is 0 Å². The van der Waals surface area contributed by atoms with Crippen LogP contribution in [0.25, 0.3) is 10.8 Å². The Morgan fingerprint density at radius 1 is 0.875 bits per heavy atom. The Hall–Kier alpha value is -2.81. The molecule has 0 aromatic heterocycles. The van der Waals surface area contributed by atoms with Crippen LogP contribution in [0, 0.1) is 0 Å². The first-order valence-electron chi connectivity index (χ1n) is 8.24. The first kappa shape index (κ1) is 16.1. The average Bonchev–Trinajstić information content (AvgIpc) is 2.64. The summed E-state index contributed by atoms with van der Waals surface area (Å²) >= 11 is 0. The predicted molar refractivity (Wildman–Crippen MR) is 97.2 cm³/mol. The molecule has 0 aliphatic heterocycles. The van der Waals surface area contributed by atoms with Gasteiger partial charge in [-0.25, -0.2) is 0 Å². The van der Waals surface area contributed by atoms with Crippen LogP contribution in [0.2, 0.25) is 0 Å². The van der Waals surface area contributed by atoms with Crippen LogP contribution in [0.15, 0.2) is 72.8 Å². The Kier molecular flexibility index (Phi) is 5.46. The third-order valence-corrected chi connectivity index (χ3v) is 3.92. The standard InChI is InChI=1S/C21H21NO2/c23-21(22-15-7-10-17-8-2-1-3-9-17)16-24-20-14-6-12-18-11-4-5-13-19(18)20/h1-6,8-9,11-14H,7,10,15-16H2,(H,22,23). The molecule has 3 rings (SSSR count). The molecular weight excluding hydrogens is 298 g/mol. The van der Waals surface area contributed by atoms with Gasteiger partial charge in [0.25, 0.3) is 5.91 Å². The molecule has 3 nitrogen and oxygen atoms in total. The number of hydrogen-bond donors (Lipinski definition) is 1. The van der Waals surface area contributed by atoms with E-state index in [1.807, 2.05) is 60.7 Å². The highest BCUT2D eigenvalue weighted by molar-refractivity contribution is 5.88. The van der Waals surface area contributed by atoms with E-state index in [9.17, 15) is 4.79 Å². The van der Waals surface area contributed by atoms with E-state index in [-0.39, 0.29) is 12.5 Å². The fourth-order valence-electron chi connectivity index (χ4n) is 2.68. The fraction of sp³-hybridized carbons (Fsp3) is 0.190. The van der Waals surface area contributed by atoms with Gasteiger partial charge in [-0.15, -0.1) is 0 Å². The maximum absolute atomic E-state index is 11.9. The van der Waals surface area contributed by atoms with Crippen LogP contribution in [0.1, 0.15) is 12.0 Å². The summed E-state index contributed by atoms with van der Waals surface area (Å²) in [7, 11) is 0. The van der Waals surface area contributed by atoms with Crippen molar-refractivity contribution < 1.29 is 9.53 Å². The molecule has 0 saturated heterocycles. The van der Waals surface area contributed by atoms with Gasteiger partial charge in [0.2, 0.25) is 0 Å². The van der Waals surface area contributed by atoms with E-state index in [2.05, 4.69) is 17.4 Å². The smallest absolute Gasteiger partial charge is 0.257 e. The molecule has 0 spiro atoms. The van der Waals surface area contributed by atoms with Gasteiger partial charge in [-0.3, -0.25) is 4.79 Å². The predicted octanol–water partition coefficient (Wildman–Crippen LogP) is 3.97. The van der Waals surface area contributed by atoms with Crippen LogP contribution in [-0.4, -0.2) is 19.1 Å². The number of carbonyl (C=O) groups is 1. The summed E-state index contributed by atoms with van der Waals surface area (Å²) in [5.41, 5.74) is 1.29. The number of rotatable bonds is 7. The van der Waals surface area contributed by atoms with Gasteiger partial charge in [-0.05, 0) is 29.9 Å². The average molecular weight is 319 g/mol. The molecule has 1 N–H and O–H groups in total. The minimum Gasteiger partial charge on any atom is -0.483 e. The first-order valence-corrected chi connectivity index (χ1v) is 8.24. The normalized spacial score (nSPS) is 10.5. The van der Waals surface area contributed by atoms with E-state index in [1.165, 1.54) is 5.56 Å². The highest BCUT2D eigenvalue weighted by Gasteiger charge is 2.05. The molecule has 0 aliphatic rings. The molecule has 0 saturated carbocycles. The molecule has 0 atom stereocenters. The molecule has 0 unspecified atom stereocenters. The number of hydrogen-bond acceptors (Lipinski definition) is 2. The lowest BCUT2D eigenvalue weighted by Crippen LogP contribution is -2.29. The Bertz CT molecular complexity index is 794. The topological polar surface area (TPSA) is 38.3 Å². The van der Waals surface area contributed by atoms with E-state index in [4.69, 9.17) is 4.74 Å². The van der Waals surface area contributed by atoms with Crippen molar-refractivity contribution in [2.45, 2.75) is 12.8 Å². The second-order valence-electron chi connectivity index (χ2n) is 5.71. The van der Waals surface area contributed by atoms with E-state index in [0.717, 1.165) is 29.4 Å². The number of nitrogens with one attached hydrogen (secondary N) is 1. The summed E-state index contributed by atoms with van der Waals surface area (Å²) in [6, 6.07) is 24.1. The molecule has 24 heavy (non-hydrogen) atoms. The van der Waals surface area contributed by atoms with Crippen molar-refractivity contribution in [1.29, 1.82) is 0 Å². The Balaban J connectivity index is 1.44. The van der Waals surface area contributed by atoms with Crippen molar-refractivity contribution in [2.24, 2.45) is 0 Å². The van der Waals surface area contributed by atoms with Gasteiger partial charge >= 0.3 is 0 Å². The molecule has 0 aliphatic carbocycles. The van der Waals surface area contributed by atoms with Crippen LogP contribution in [0.5, 0.6) is 5.75 Å². The lowest BCUT2D eigenvalue weighted by atomic mass is 10.1. The zero-order valence-corrected chi connectivity index (χ0v) is 13.6. The quantitative estimate of drug-likeness (QED) is 0.669. The maximum Gasteiger partial charge on any atom is 0.257 e. The van der Waals surface area contributed by atoms with E-state index in [0.29, 0.717) is 6.54 Å². The summed E-state index contributed by atoms with van der Waals surface area (Å²) in [6.45, 7) is 0.700.